The molecule has 0 fully saturated rings. The molecule has 0 aliphatic carbocycles. The number of nitrogens with two attached hydrogens (primary N) is 1. The second-order valence-electron chi connectivity index (χ2n) is 3.73. The summed E-state index contributed by atoms with van der Waals surface area (Å²) in [6, 6.07) is 20.8. The number of aromatic nitrogens is 3. The molecule has 4 heteroatoms. The molecule has 0 atom stereocenters. The van der Waals surface area contributed by atoms with E-state index in [4.69, 9.17) is 5.73 Å². The Labute approximate surface area is 112 Å². The first-order valence-corrected chi connectivity index (χ1v) is 5.84. The molecule has 3 rings (SSSR count). The molecule has 0 unspecified atom stereocenters. The summed E-state index contributed by atoms with van der Waals surface area (Å²) in [4.78, 5) is 10.6. The third-order valence-electron chi connectivity index (χ3n) is 2.39. The molecule has 1 heterocycles. The van der Waals surface area contributed by atoms with E-state index in [9.17, 15) is 0 Å². The first-order chi connectivity index (χ1) is 9.36. The minimum atomic E-state index is 0.259. The summed E-state index contributed by atoms with van der Waals surface area (Å²) in [5, 5.41) is 0. The highest BCUT2D eigenvalue weighted by atomic mass is 15.0. The van der Waals surface area contributed by atoms with E-state index in [1.807, 2.05) is 12.1 Å². The maximum Gasteiger partial charge on any atom is 0.222 e. The monoisotopic (exact) mass is 250 g/mol. The predicted molar refractivity (Wildman–Crippen MR) is 76.1 cm³/mol. The molecule has 0 saturated carbocycles. The topological polar surface area (TPSA) is 64.7 Å². The third kappa shape index (κ3) is 4.20. The zero-order valence-corrected chi connectivity index (χ0v) is 10.3. The lowest BCUT2D eigenvalue weighted by atomic mass is 10.1. The van der Waals surface area contributed by atoms with Crippen LogP contribution in [0.15, 0.2) is 73.3 Å². The van der Waals surface area contributed by atoms with Gasteiger partial charge in [-0.05, 0) is 11.1 Å². The first kappa shape index (κ1) is 12.7. The van der Waals surface area contributed by atoms with Crippen LogP contribution >= 0.6 is 0 Å². The van der Waals surface area contributed by atoms with Gasteiger partial charge in [0.05, 0.1) is 0 Å². The fourth-order valence-electron chi connectivity index (χ4n) is 1.51. The molecule has 2 aromatic carbocycles. The number of nitrogens with zero attached hydrogens (tertiary/aromatic N) is 3. The van der Waals surface area contributed by atoms with E-state index in [2.05, 4.69) is 63.5 Å². The van der Waals surface area contributed by atoms with Crippen molar-refractivity contribution >= 4 is 5.95 Å². The average molecular weight is 250 g/mol. The Hall–Kier alpha value is -2.75. The summed E-state index contributed by atoms with van der Waals surface area (Å²) in [5.74, 6) is 0.259. The Morgan fingerprint density at radius 3 is 1.37 bits per heavy atom. The van der Waals surface area contributed by atoms with E-state index < -0.39 is 0 Å². The smallest absolute Gasteiger partial charge is 0.222 e. The number of rotatable bonds is 1. The van der Waals surface area contributed by atoms with Gasteiger partial charge in [-0.3, -0.25) is 0 Å². The Kier molecular flexibility index (Phi) is 4.58. The molecule has 4 nitrogen and oxygen atoms in total. The molecule has 3 aromatic rings. The van der Waals surface area contributed by atoms with Crippen LogP contribution in [0.1, 0.15) is 0 Å². The van der Waals surface area contributed by atoms with Crippen LogP contribution in [0.3, 0.4) is 0 Å². The Bertz CT molecular complexity index is 545. The number of benzene rings is 2. The molecule has 1 aromatic heterocycles. The number of hydrogen-bond acceptors (Lipinski definition) is 4. The van der Waals surface area contributed by atoms with Crippen LogP contribution in [0.25, 0.3) is 11.1 Å². The lowest BCUT2D eigenvalue weighted by Gasteiger charge is -1.98. The van der Waals surface area contributed by atoms with Crippen LogP contribution in [0, 0.1) is 0 Å². The van der Waals surface area contributed by atoms with Gasteiger partial charge in [0.2, 0.25) is 5.95 Å². The van der Waals surface area contributed by atoms with Crippen LogP contribution in [-0.4, -0.2) is 15.0 Å². The van der Waals surface area contributed by atoms with E-state index in [1.165, 1.54) is 23.8 Å². The second-order valence-corrected chi connectivity index (χ2v) is 3.73. The SMILES string of the molecule is Nc1ncncn1.c1ccc(-c2ccccc2)cc1. The van der Waals surface area contributed by atoms with Gasteiger partial charge in [-0.25, -0.2) is 15.0 Å². The lowest BCUT2D eigenvalue weighted by Crippen LogP contribution is -1.92. The van der Waals surface area contributed by atoms with Gasteiger partial charge in [-0.2, -0.15) is 0 Å². The van der Waals surface area contributed by atoms with Gasteiger partial charge in [0.1, 0.15) is 12.7 Å². The van der Waals surface area contributed by atoms with Crippen molar-refractivity contribution in [1.29, 1.82) is 0 Å². The first-order valence-electron chi connectivity index (χ1n) is 5.84. The Balaban J connectivity index is 0.000000163. The summed E-state index contributed by atoms with van der Waals surface area (Å²) < 4.78 is 0. The summed E-state index contributed by atoms with van der Waals surface area (Å²) in [6.45, 7) is 0. The number of hydrogen-bond donors (Lipinski definition) is 1. The highest BCUT2D eigenvalue weighted by molar-refractivity contribution is 5.62. The number of anilines is 1. The summed E-state index contributed by atoms with van der Waals surface area (Å²) in [5.41, 5.74) is 7.65. The summed E-state index contributed by atoms with van der Waals surface area (Å²) >= 11 is 0. The maximum atomic E-state index is 5.10. The molecule has 0 bridgehead atoms. The largest absolute Gasteiger partial charge is 0.368 e. The lowest BCUT2D eigenvalue weighted by molar-refractivity contribution is 1.06. The van der Waals surface area contributed by atoms with Gasteiger partial charge >= 0.3 is 0 Å². The molecule has 0 spiro atoms. The van der Waals surface area contributed by atoms with Crippen molar-refractivity contribution in [2.24, 2.45) is 0 Å². The Morgan fingerprint density at radius 2 is 1.05 bits per heavy atom. The van der Waals surface area contributed by atoms with E-state index in [0.29, 0.717) is 0 Å². The highest BCUT2D eigenvalue weighted by Crippen LogP contribution is 2.17. The van der Waals surface area contributed by atoms with Crippen LogP contribution in [-0.2, 0) is 0 Å². The standard InChI is InChI=1S/C12H10.C3H4N4/c1-3-7-11(8-4-1)12-9-5-2-6-10-12;4-3-6-1-5-2-7-3/h1-10H;1-2H,(H2,4,5,6,7). The molecular formula is C15H14N4. The van der Waals surface area contributed by atoms with Gasteiger partial charge in [-0.15, -0.1) is 0 Å². The maximum absolute atomic E-state index is 5.10. The van der Waals surface area contributed by atoms with Gasteiger partial charge in [0, 0.05) is 0 Å². The molecule has 94 valence electrons. The van der Waals surface area contributed by atoms with Crippen molar-refractivity contribution in [2.75, 3.05) is 5.73 Å². The molecular weight excluding hydrogens is 236 g/mol. The van der Waals surface area contributed by atoms with E-state index in [-0.39, 0.29) is 5.95 Å². The fourth-order valence-corrected chi connectivity index (χ4v) is 1.51. The average Bonchev–Trinajstić information content (AvgIpc) is 2.51. The van der Waals surface area contributed by atoms with Gasteiger partial charge in [-0.1, -0.05) is 60.7 Å². The molecule has 0 radical (unpaired) electrons. The van der Waals surface area contributed by atoms with Crippen LogP contribution < -0.4 is 5.73 Å². The summed E-state index contributed by atoms with van der Waals surface area (Å²) in [7, 11) is 0. The zero-order valence-electron chi connectivity index (χ0n) is 10.3. The van der Waals surface area contributed by atoms with Gasteiger partial charge in [0.25, 0.3) is 0 Å². The third-order valence-corrected chi connectivity index (χ3v) is 2.39. The van der Waals surface area contributed by atoms with Crippen molar-refractivity contribution < 1.29 is 0 Å². The minimum absolute atomic E-state index is 0.259. The second kappa shape index (κ2) is 6.86. The van der Waals surface area contributed by atoms with Crippen molar-refractivity contribution in [3.05, 3.63) is 73.3 Å². The molecule has 0 aliphatic rings. The Morgan fingerprint density at radius 1 is 0.632 bits per heavy atom. The molecule has 0 amide bonds. The van der Waals surface area contributed by atoms with E-state index in [0.717, 1.165) is 0 Å². The number of nitrogen functional groups attached to an aromatic ring is 1. The molecule has 2 N–H and O–H groups in total. The van der Waals surface area contributed by atoms with Crippen LogP contribution in [0.5, 0.6) is 0 Å². The van der Waals surface area contributed by atoms with Crippen molar-refractivity contribution in [1.82, 2.24) is 15.0 Å². The fraction of sp³-hybridized carbons (Fsp3) is 0. The highest BCUT2D eigenvalue weighted by Gasteiger charge is 1.91. The normalized spacial score (nSPS) is 9.26. The van der Waals surface area contributed by atoms with Crippen molar-refractivity contribution in [3.63, 3.8) is 0 Å². The van der Waals surface area contributed by atoms with E-state index in [1.54, 1.807) is 0 Å². The quantitative estimate of drug-likeness (QED) is 0.721. The van der Waals surface area contributed by atoms with Crippen LogP contribution in [0.2, 0.25) is 0 Å². The molecule has 0 saturated heterocycles. The summed E-state index contributed by atoms with van der Waals surface area (Å²) in [6.07, 6.45) is 2.70. The molecule has 0 aliphatic heterocycles. The van der Waals surface area contributed by atoms with Crippen LogP contribution in [0.4, 0.5) is 5.95 Å². The van der Waals surface area contributed by atoms with Gasteiger partial charge < -0.3 is 5.73 Å². The predicted octanol–water partition coefficient (Wildman–Crippen LogP) is 2.81. The minimum Gasteiger partial charge on any atom is -0.368 e. The van der Waals surface area contributed by atoms with Gasteiger partial charge in [0.15, 0.2) is 0 Å². The van der Waals surface area contributed by atoms with Crippen molar-refractivity contribution in [2.45, 2.75) is 0 Å². The zero-order chi connectivity index (χ0) is 13.3. The van der Waals surface area contributed by atoms with E-state index >= 15 is 0 Å². The van der Waals surface area contributed by atoms with Crippen molar-refractivity contribution in [3.8, 4) is 11.1 Å². The molecule has 19 heavy (non-hydrogen) atoms.